The fourth-order valence-electron chi connectivity index (χ4n) is 2.25. The van der Waals surface area contributed by atoms with E-state index in [1.54, 1.807) is 26.0 Å². The normalized spacial score (nSPS) is 12.0. The lowest BCUT2D eigenvalue weighted by molar-refractivity contribution is 0.0603. The highest BCUT2D eigenvalue weighted by Crippen LogP contribution is 2.14. The molecular weight excluding hydrogens is 287 g/mol. The van der Waals surface area contributed by atoms with Crippen molar-refractivity contribution in [2.24, 2.45) is 0 Å². The Morgan fingerprint density at radius 2 is 1.95 bits per heavy atom. The zero-order chi connectivity index (χ0) is 15.9. The van der Waals surface area contributed by atoms with E-state index in [9.17, 15) is 14.3 Å². The fraction of sp³-hybridized carbons (Fsp3) is 0.267. The first-order valence-corrected chi connectivity index (χ1v) is 6.77. The SMILES string of the molecule is CC(C)(O)Cn1cnc2c(cnn2-c2ccc(F)cc2)c1=O. The molecule has 0 radical (unpaired) electrons. The van der Waals surface area contributed by atoms with Gasteiger partial charge in [-0.05, 0) is 38.1 Å². The minimum atomic E-state index is -1.02. The van der Waals surface area contributed by atoms with E-state index in [0.29, 0.717) is 16.7 Å². The van der Waals surface area contributed by atoms with Crippen LogP contribution < -0.4 is 5.56 Å². The van der Waals surface area contributed by atoms with Crippen LogP contribution in [0.2, 0.25) is 0 Å². The highest BCUT2D eigenvalue weighted by molar-refractivity contribution is 5.74. The third-order valence-electron chi connectivity index (χ3n) is 3.18. The average Bonchev–Trinajstić information content (AvgIpc) is 2.86. The molecule has 1 N–H and O–H groups in total. The van der Waals surface area contributed by atoms with Crippen LogP contribution in [0.3, 0.4) is 0 Å². The topological polar surface area (TPSA) is 72.9 Å². The standard InChI is InChI=1S/C15H15FN4O2/c1-15(2,22)8-19-9-17-13-12(14(19)21)7-18-20(13)11-5-3-10(16)4-6-11/h3-7,9,22H,8H2,1-2H3. The molecule has 114 valence electrons. The highest BCUT2D eigenvalue weighted by atomic mass is 19.1. The molecule has 3 aromatic rings. The van der Waals surface area contributed by atoms with Crippen LogP contribution in [0, 0.1) is 5.82 Å². The molecule has 1 aromatic carbocycles. The second-order valence-electron chi connectivity index (χ2n) is 5.76. The lowest BCUT2D eigenvalue weighted by atomic mass is 10.1. The minimum Gasteiger partial charge on any atom is -0.389 e. The summed E-state index contributed by atoms with van der Waals surface area (Å²) in [6, 6.07) is 5.76. The molecule has 0 atom stereocenters. The molecule has 2 aromatic heterocycles. The molecule has 0 unspecified atom stereocenters. The summed E-state index contributed by atoms with van der Waals surface area (Å²) in [7, 11) is 0. The zero-order valence-electron chi connectivity index (χ0n) is 12.2. The number of halogens is 1. The summed E-state index contributed by atoms with van der Waals surface area (Å²) in [6.45, 7) is 3.37. The van der Waals surface area contributed by atoms with E-state index in [1.165, 1.54) is 33.9 Å². The monoisotopic (exact) mass is 302 g/mol. The van der Waals surface area contributed by atoms with Gasteiger partial charge in [0.25, 0.3) is 5.56 Å². The third-order valence-corrected chi connectivity index (χ3v) is 3.18. The van der Waals surface area contributed by atoms with Crippen LogP contribution >= 0.6 is 0 Å². The van der Waals surface area contributed by atoms with Crippen LogP contribution in [0.5, 0.6) is 0 Å². The molecule has 0 fully saturated rings. The average molecular weight is 302 g/mol. The van der Waals surface area contributed by atoms with E-state index in [2.05, 4.69) is 10.1 Å². The van der Waals surface area contributed by atoms with E-state index < -0.39 is 5.60 Å². The molecule has 0 amide bonds. The van der Waals surface area contributed by atoms with Gasteiger partial charge in [0.2, 0.25) is 0 Å². The van der Waals surface area contributed by atoms with Crippen molar-refractivity contribution in [3.8, 4) is 5.69 Å². The summed E-state index contributed by atoms with van der Waals surface area (Å²) in [5.41, 5.74) is -0.292. The van der Waals surface area contributed by atoms with Crippen molar-refractivity contribution in [2.75, 3.05) is 0 Å². The lowest BCUT2D eigenvalue weighted by Gasteiger charge is -2.18. The Morgan fingerprint density at radius 3 is 2.59 bits per heavy atom. The summed E-state index contributed by atoms with van der Waals surface area (Å²) in [6.07, 6.45) is 2.80. The largest absolute Gasteiger partial charge is 0.389 e. The summed E-state index contributed by atoms with van der Waals surface area (Å²) in [4.78, 5) is 16.6. The summed E-state index contributed by atoms with van der Waals surface area (Å²) < 4.78 is 15.8. The first kappa shape index (κ1) is 14.4. The number of hydrogen-bond donors (Lipinski definition) is 1. The molecule has 6 nitrogen and oxygen atoms in total. The number of aliphatic hydroxyl groups is 1. The van der Waals surface area contributed by atoms with Crippen LogP contribution in [0.25, 0.3) is 16.7 Å². The van der Waals surface area contributed by atoms with Gasteiger partial charge in [-0.3, -0.25) is 9.36 Å². The van der Waals surface area contributed by atoms with Crippen molar-refractivity contribution < 1.29 is 9.50 Å². The second-order valence-corrected chi connectivity index (χ2v) is 5.76. The van der Waals surface area contributed by atoms with E-state index in [0.717, 1.165) is 0 Å². The molecule has 2 heterocycles. The van der Waals surface area contributed by atoms with Gasteiger partial charge < -0.3 is 5.11 Å². The van der Waals surface area contributed by atoms with E-state index in [1.807, 2.05) is 0 Å². The third kappa shape index (κ3) is 2.62. The van der Waals surface area contributed by atoms with Gasteiger partial charge in [0.05, 0.1) is 24.0 Å². The van der Waals surface area contributed by atoms with Crippen LogP contribution in [0.1, 0.15) is 13.8 Å². The molecule has 3 rings (SSSR count). The highest BCUT2D eigenvalue weighted by Gasteiger charge is 2.17. The maximum absolute atomic E-state index is 13.0. The molecule has 22 heavy (non-hydrogen) atoms. The first-order chi connectivity index (χ1) is 10.3. The van der Waals surface area contributed by atoms with Crippen molar-refractivity contribution in [3.63, 3.8) is 0 Å². The minimum absolute atomic E-state index is 0.135. The molecule has 0 aliphatic carbocycles. The van der Waals surface area contributed by atoms with E-state index >= 15 is 0 Å². The predicted molar refractivity (Wildman–Crippen MR) is 79.4 cm³/mol. The molecular formula is C15H15FN4O2. The van der Waals surface area contributed by atoms with Gasteiger partial charge in [0, 0.05) is 0 Å². The Balaban J connectivity index is 2.12. The number of benzene rings is 1. The summed E-state index contributed by atoms with van der Waals surface area (Å²) in [5, 5.41) is 14.3. The van der Waals surface area contributed by atoms with Crippen LogP contribution in [-0.4, -0.2) is 30.0 Å². The molecule has 0 spiro atoms. The second kappa shape index (κ2) is 5.03. The van der Waals surface area contributed by atoms with Crippen LogP contribution in [-0.2, 0) is 6.54 Å². The lowest BCUT2D eigenvalue weighted by Crippen LogP contribution is -2.32. The molecule has 0 saturated carbocycles. The number of rotatable bonds is 3. The molecule has 0 saturated heterocycles. The smallest absolute Gasteiger partial charge is 0.264 e. The van der Waals surface area contributed by atoms with Gasteiger partial charge in [0.15, 0.2) is 5.65 Å². The Morgan fingerprint density at radius 1 is 1.27 bits per heavy atom. The predicted octanol–water partition coefficient (Wildman–Crippen LogP) is 1.49. The molecule has 0 bridgehead atoms. The van der Waals surface area contributed by atoms with E-state index in [4.69, 9.17) is 0 Å². The van der Waals surface area contributed by atoms with Gasteiger partial charge >= 0.3 is 0 Å². The maximum Gasteiger partial charge on any atom is 0.264 e. The van der Waals surface area contributed by atoms with Gasteiger partial charge in [-0.1, -0.05) is 0 Å². The molecule has 7 heteroatoms. The van der Waals surface area contributed by atoms with Crippen LogP contribution in [0.15, 0.2) is 41.6 Å². The number of aromatic nitrogens is 4. The van der Waals surface area contributed by atoms with Crippen molar-refractivity contribution in [1.29, 1.82) is 0 Å². The van der Waals surface area contributed by atoms with Gasteiger partial charge in [-0.25, -0.2) is 14.1 Å². The van der Waals surface area contributed by atoms with E-state index in [-0.39, 0.29) is 17.9 Å². The quantitative estimate of drug-likeness (QED) is 0.795. The zero-order valence-corrected chi connectivity index (χ0v) is 12.2. The number of nitrogens with zero attached hydrogens (tertiary/aromatic N) is 4. The summed E-state index contributed by atoms with van der Waals surface area (Å²) >= 11 is 0. The molecule has 0 aliphatic heterocycles. The van der Waals surface area contributed by atoms with Crippen LogP contribution in [0.4, 0.5) is 4.39 Å². The fourth-order valence-corrected chi connectivity index (χ4v) is 2.25. The maximum atomic E-state index is 13.0. The molecule has 0 aliphatic rings. The Kier molecular flexibility index (Phi) is 3.29. The van der Waals surface area contributed by atoms with Crippen molar-refractivity contribution in [2.45, 2.75) is 26.0 Å². The Hall–Kier alpha value is -2.54. The van der Waals surface area contributed by atoms with Crippen molar-refractivity contribution in [3.05, 3.63) is 53.0 Å². The number of fused-ring (bicyclic) bond motifs is 1. The first-order valence-electron chi connectivity index (χ1n) is 6.77. The Bertz CT molecular complexity index is 875. The van der Waals surface area contributed by atoms with Gasteiger partial charge in [0.1, 0.15) is 17.5 Å². The summed E-state index contributed by atoms with van der Waals surface area (Å²) in [5.74, 6) is -0.347. The van der Waals surface area contributed by atoms with Crippen molar-refractivity contribution >= 4 is 11.0 Å². The van der Waals surface area contributed by atoms with Gasteiger partial charge in [-0.15, -0.1) is 0 Å². The van der Waals surface area contributed by atoms with Gasteiger partial charge in [-0.2, -0.15) is 5.10 Å². The Labute approximate surface area is 125 Å². The number of hydrogen-bond acceptors (Lipinski definition) is 4. The van der Waals surface area contributed by atoms with Crippen molar-refractivity contribution in [1.82, 2.24) is 19.3 Å².